The molecule has 1 aromatic heterocycles. The Morgan fingerprint density at radius 3 is 2.44 bits per heavy atom. The van der Waals surface area contributed by atoms with Gasteiger partial charge in [-0.05, 0) is 12.1 Å². The summed E-state index contributed by atoms with van der Waals surface area (Å²) in [6.45, 7) is 3.06. The van der Waals surface area contributed by atoms with Gasteiger partial charge in [0.05, 0.1) is 11.9 Å². The lowest BCUT2D eigenvalue weighted by molar-refractivity contribution is -0.153. The fourth-order valence-corrected chi connectivity index (χ4v) is 3.01. The molecule has 0 bridgehead atoms. The molecule has 9 heteroatoms. The number of benzene rings is 1. The molecule has 0 radical (unpaired) electrons. The molecule has 1 fully saturated rings. The number of esters is 1. The molecule has 1 saturated heterocycles. The molecule has 144 valence electrons. The van der Waals surface area contributed by atoms with Crippen molar-refractivity contribution in [2.45, 2.75) is 19.9 Å². The Kier molecular flexibility index (Phi) is 5.58. The monoisotopic (exact) mass is 375 g/mol. The van der Waals surface area contributed by atoms with Crippen molar-refractivity contribution in [2.24, 2.45) is 0 Å². The molecule has 0 atom stereocenters. The molecule has 3 rings (SSSR count). The third-order valence-electron chi connectivity index (χ3n) is 4.55. The third-order valence-corrected chi connectivity index (χ3v) is 4.55. The van der Waals surface area contributed by atoms with Crippen molar-refractivity contribution < 1.29 is 23.5 Å². The summed E-state index contributed by atoms with van der Waals surface area (Å²) < 4.78 is 11.5. The predicted octanol–water partition coefficient (Wildman–Crippen LogP) is 0.219. The van der Waals surface area contributed by atoms with Crippen LogP contribution in [0.2, 0.25) is 0 Å². The molecule has 2 aromatic rings. The summed E-state index contributed by atoms with van der Waals surface area (Å²) in [5.74, 6) is -1.42. The zero-order valence-corrected chi connectivity index (χ0v) is 15.1. The highest BCUT2D eigenvalue weighted by Crippen LogP contribution is 2.12. The van der Waals surface area contributed by atoms with Crippen LogP contribution in [-0.4, -0.2) is 64.9 Å². The molecular formula is C18H21N3O6. The van der Waals surface area contributed by atoms with Crippen LogP contribution in [0.15, 0.2) is 33.5 Å². The van der Waals surface area contributed by atoms with Crippen LogP contribution in [0.3, 0.4) is 0 Å². The Morgan fingerprint density at radius 1 is 1.07 bits per heavy atom. The van der Waals surface area contributed by atoms with Crippen molar-refractivity contribution in [1.82, 2.24) is 14.4 Å². The van der Waals surface area contributed by atoms with Gasteiger partial charge < -0.3 is 19.0 Å². The Hall–Kier alpha value is -3.10. The summed E-state index contributed by atoms with van der Waals surface area (Å²) in [7, 11) is 0. The van der Waals surface area contributed by atoms with E-state index in [4.69, 9.17) is 9.15 Å². The average molecular weight is 375 g/mol. The van der Waals surface area contributed by atoms with E-state index in [1.54, 1.807) is 34.1 Å². The Bertz CT molecular complexity index is 907. The minimum Gasteiger partial charge on any atom is -0.456 e. The number of carbonyl (C=O) groups is 3. The second-order valence-corrected chi connectivity index (χ2v) is 6.28. The molecule has 9 nitrogen and oxygen atoms in total. The molecule has 1 aliphatic heterocycles. The van der Waals surface area contributed by atoms with Gasteiger partial charge in [0.15, 0.2) is 12.2 Å². The van der Waals surface area contributed by atoms with Crippen molar-refractivity contribution >= 4 is 28.9 Å². The number of rotatable bonds is 5. The maximum Gasteiger partial charge on any atom is 0.419 e. The molecule has 0 aliphatic carbocycles. The number of carbonyl (C=O) groups excluding carboxylic acids is 3. The fraction of sp³-hybridized carbons (Fsp3) is 0.444. The van der Waals surface area contributed by atoms with Gasteiger partial charge in [0.1, 0.15) is 0 Å². The van der Waals surface area contributed by atoms with Gasteiger partial charge in [0, 0.05) is 39.6 Å². The number of aromatic nitrogens is 1. The van der Waals surface area contributed by atoms with Crippen LogP contribution in [-0.2, 0) is 25.7 Å². The van der Waals surface area contributed by atoms with Gasteiger partial charge in [0.25, 0.3) is 5.91 Å². The molecule has 0 spiro atoms. The molecule has 0 saturated carbocycles. The SMILES string of the molecule is CC(=O)N1CCN(C(=O)COC(=O)CCn2c(=O)oc3ccccc32)CC1. The normalized spacial score (nSPS) is 14.4. The second-order valence-electron chi connectivity index (χ2n) is 6.28. The van der Waals surface area contributed by atoms with Crippen molar-refractivity contribution in [3.63, 3.8) is 0 Å². The van der Waals surface area contributed by atoms with E-state index in [1.807, 2.05) is 0 Å². The molecule has 1 aliphatic rings. The predicted molar refractivity (Wildman–Crippen MR) is 94.9 cm³/mol. The largest absolute Gasteiger partial charge is 0.456 e. The Morgan fingerprint density at radius 2 is 1.74 bits per heavy atom. The molecule has 0 unspecified atom stereocenters. The molecule has 2 amide bonds. The lowest BCUT2D eigenvalue weighted by atomic mass is 10.3. The molecule has 27 heavy (non-hydrogen) atoms. The Labute approximate surface area is 155 Å². The van der Waals surface area contributed by atoms with Crippen molar-refractivity contribution in [3.05, 3.63) is 34.8 Å². The zero-order valence-electron chi connectivity index (χ0n) is 15.1. The summed E-state index contributed by atoms with van der Waals surface area (Å²) in [6.07, 6.45) is -0.0468. The van der Waals surface area contributed by atoms with Crippen LogP contribution in [0.5, 0.6) is 0 Å². The van der Waals surface area contributed by atoms with Crippen LogP contribution in [0, 0.1) is 0 Å². The fourth-order valence-electron chi connectivity index (χ4n) is 3.01. The Balaban J connectivity index is 1.46. The minimum absolute atomic E-state index is 0.0180. The third kappa shape index (κ3) is 4.36. The van der Waals surface area contributed by atoms with E-state index < -0.39 is 11.7 Å². The summed E-state index contributed by atoms with van der Waals surface area (Å²) >= 11 is 0. The summed E-state index contributed by atoms with van der Waals surface area (Å²) in [4.78, 5) is 50.4. The van der Waals surface area contributed by atoms with E-state index >= 15 is 0 Å². The maximum atomic E-state index is 12.1. The first-order valence-corrected chi connectivity index (χ1v) is 8.73. The van der Waals surface area contributed by atoms with Gasteiger partial charge in [-0.2, -0.15) is 0 Å². The number of hydrogen-bond donors (Lipinski definition) is 0. The smallest absolute Gasteiger partial charge is 0.419 e. The molecule has 1 aromatic carbocycles. The van der Waals surface area contributed by atoms with Crippen LogP contribution >= 0.6 is 0 Å². The van der Waals surface area contributed by atoms with Gasteiger partial charge in [-0.1, -0.05) is 12.1 Å². The topological polar surface area (TPSA) is 102 Å². The van der Waals surface area contributed by atoms with Gasteiger partial charge in [0.2, 0.25) is 5.91 Å². The highest BCUT2D eigenvalue weighted by molar-refractivity contribution is 5.81. The van der Waals surface area contributed by atoms with Crippen LogP contribution < -0.4 is 5.76 Å². The van der Waals surface area contributed by atoms with Crippen molar-refractivity contribution in [1.29, 1.82) is 0 Å². The first kappa shape index (κ1) is 18.7. The summed E-state index contributed by atoms with van der Waals surface area (Å²) in [6, 6.07) is 6.94. The van der Waals surface area contributed by atoms with Gasteiger partial charge in [-0.15, -0.1) is 0 Å². The lowest BCUT2D eigenvalue weighted by Crippen LogP contribution is -2.51. The number of amides is 2. The number of aryl methyl sites for hydroxylation is 1. The number of hydrogen-bond acceptors (Lipinski definition) is 6. The van der Waals surface area contributed by atoms with Crippen molar-refractivity contribution in [2.75, 3.05) is 32.8 Å². The van der Waals surface area contributed by atoms with E-state index in [0.29, 0.717) is 37.3 Å². The quantitative estimate of drug-likeness (QED) is 0.693. The van der Waals surface area contributed by atoms with Gasteiger partial charge in [-0.3, -0.25) is 19.0 Å². The first-order chi connectivity index (χ1) is 13.0. The van der Waals surface area contributed by atoms with E-state index in [0.717, 1.165) is 0 Å². The zero-order chi connectivity index (χ0) is 19.4. The van der Waals surface area contributed by atoms with E-state index in [-0.39, 0.29) is 31.4 Å². The lowest BCUT2D eigenvalue weighted by Gasteiger charge is -2.34. The number of fused-ring (bicyclic) bond motifs is 1. The minimum atomic E-state index is -0.567. The number of ether oxygens (including phenoxy) is 1. The number of para-hydroxylation sites is 2. The van der Waals surface area contributed by atoms with Gasteiger partial charge >= 0.3 is 11.7 Å². The van der Waals surface area contributed by atoms with E-state index in [9.17, 15) is 19.2 Å². The standard InChI is InChI=1S/C18H21N3O6/c1-13(22)19-8-10-20(11-9-19)16(23)12-26-17(24)6-7-21-14-4-2-3-5-15(14)27-18(21)25/h2-5H,6-12H2,1H3. The number of oxazole rings is 1. The summed E-state index contributed by atoms with van der Waals surface area (Å²) in [5, 5.41) is 0. The first-order valence-electron chi connectivity index (χ1n) is 8.73. The van der Waals surface area contributed by atoms with Crippen LogP contribution in [0.4, 0.5) is 0 Å². The maximum absolute atomic E-state index is 12.1. The molecule has 2 heterocycles. The highest BCUT2D eigenvalue weighted by atomic mass is 16.5. The second kappa shape index (κ2) is 8.07. The van der Waals surface area contributed by atoms with Crippen LogP contribution in [0.25, 0.3) is 11.1 Å². The van der Waals surface area contributed by atoms with E-state index in [2.05, 4.69) is 0 Å². The molecular weight excluding hydrogens is 354 g/mol. The van der Waals surface area contributed by atoms with Crippen molar-refractivity contribution in [3.8, 4) is 0 Å². The van der Waals surface area contributed by atoms with E-state index in [1.165, 1.54) is 11.5 Å². The highest BCUT2D eigenvalue weighted by Gasteiger charge is 2.23. The number of nitrogens with zero attached hydrogens (tertiary/aromatic N) is 3. The average Bonchev–Trinajstić information content (AvgIpc) is 2.99. The van der Waals surface area contributed by atoms with Gasteiger partial charge in [-0.25, -0.2) is 4.79 Å². The summed E-state index contributed by atoms with van der Waals surface area (Å²) in [5.41, 5.74) is 1.06. The number of piperazine rings is 1. The van der Waals surface area contributed by atoms with Crippen LogP contribution in [0.1, 0.15) is 13.3 Å². The molecule has 0 N–H and O–H groups in total.